The van der Waals surface area contributed by atoms with Crippen molar-refractivity contribution in [2.45, 2.75) is 6.54 Å². The molecule has 0 bridgehead atoms. The highest BCUT2D eigenvalue weighted by atomic mass is 16.5. The van der Waals surface area contributed by atoms with Crippen molar-refractivity contribution in [2.24, 2.45) is 7.05 Å². The maximum atomic E-state index is 12.1. The molecule has 3 amide bonds. The average molecular weight is 347 g/mol. The van der Waals surface area contributed by atoms with Crippen LogP contribution >= 0.6 is 0 Å². The van der Waals surface area contributed by atoms with Gasteiger partial charge in [0.15, 0.2) is 0 Å². The second kappa shape index (κ2) is 7.98. The summed E-state index contributed by atoms with van der Waals surface area (Å²) in [7, 11) is 8.63. The van der Waals surface area contributed by atoms with Gasteiger partial charge in [0.25, 0.3) is 5.91 Å². The first kappa shape index (κ1) is 18.7. The van der Waals surface area contributed by atoms with Gasteiger partial charge in [-0.15, -0.1) is 0 Å². The van der Waals surface area contributed by atoms with Crippen LogP contribution in [0.1, 0.15) is 16.2 Å². The molecule has 0 unspecified atom stereocenters. The third-order valence-electron chi connectivity index (χ3n) is 3.93. The molecule has 136 valence electrons. The minimum Gasteiger partial charge on any atom is -0.383 e. The van der Waals surface area contributed by atoms with Crippen LogP contribution in [0.15, 0.2) is 18.2 Å². The van der Waals surface area contributed by atoms with Gasteiger partial charge in [0.2, 0.25) is 0 Å². The number of rotatable bonds is 6. The number of methoxy groups -OCH3 is 1. The summed E-state index contributed by atoms with van der Waals surface area (Å²) in [6.45, 7) is 1.29. The molecule has 0 spiro atoms. The van der Waals surface area contributed by atoms with Gasteiger partial charge >= 0.3 is 6.03 Å². The number of aromatic nitrogens is 2. The van der Waals surface area contributed by atoms with E-state index in [1.54, 1.807) is 45.3 Å². The summed E-state index contributed by atoms with van der Waals surface area (Å²) >= 11 is 0. The lowest BCUT2D eigenvalue weighted by Gasteiger charge is -2.17. The molecule has 0 aliphatic rings. The van der Waals surface area contributed by atoms with Gasteiger partial charge in [-0.1, -0.05) is 0 Å². The van der Waals surface area contributed by atoms with E-state index in [2.05, 4.69) is 10.3 Å². The number of hydrogen-bond acceptors (Lipinski definition) is 4. The third-order valence-corrected chi connectivity index (χ3v) is 3.93. The van der Waals surface area contributed by atoms with Crippen molar-refractivity contribution in [3.63, 3.8) is 0 Å². The standard InChI is InChI=1S/C17H25N5O3/c1-20(2)16(23)12-6-7-14-13(10-12)19-15(22(14)4)11-21(3)17(24)18-8-9-25-5/h6-7,10H,8-9,11H2,1-5H3,(H,18,24). The fourth-order valence-electron chi connectivity index (χ4n) is 2.46. The molecule has 8 heteroatoms. The Labute approximate surface area is 147 Å². The SMILES string of the molecule is COCCNC(=O)N(C)Cc1nc2cc(C(=O)N(C)C)ccc2n1C. The first-order chi connectivity index (χ1) is 11.8. The minimum atomic E-state index is -0.187. The highest BCUT2D eigenvalue weighted by Gasteiger charge is 2.15. The molecule has 0 saturated carbocycles. The number of fused-ring (bicyclic) bond motifs is 1. The van der Waals surface area contributed by atoms with Gasteiger partial charge < -0.3 is 24.4 Å². The maximum absolute atomic E-state index is 12.1. The Bertz CT molecular complexity index is 769. The number of carbonyl (C=O) groups excluding carboxylic acids is 2. The number of hydrogen-bond donors (Lipinski definition) is 1. The van der Waals surface area contributed by atoms with Crippen molar-refractivity contribution < 1.29 is 14.3 Å². The minimum absolute atomic E-state index is 0.0660. The Morgan fingerprint density at radius 3 is 2.64 bits per heavy atom. The topological polar surface area (TPSA) is 79.7 Å². The van der Waals surface area contributed by atoms with Crippen LogP contribution in [0, 0.1) is 0 Å². The molecule has 8 nitrogen and oxygen atoms in total. The van der Waals surface area contributed by atoms with Crippen molar-refractivity contribution in [2.75, 3.05) is 41.4 Å². The van der Waals surface area contributed by atoms with Gasteiger partial charge in [-0.05, 0) is 18.2 Å². The Morgan fingerprint density at radius 1 is 1.28 bits per heavy atom. The van der Waals surface area contributed by atoms with E-state index in [0.717, 1.165) is 16.9 Å². The van der Waals surface area contributed by atoms with Crippen LogP contribution in [-0.4, -0.2) is 72.7 Å². The molecule has 1 aromatic heterocycles. The van der Waals surface area contributed by atoms with Gasteiger partial charge in [-0.25, -0.2) is 9.78 Å². The zero-order chi connectivity index (χ0) is 18.6. The van der Waals surface area contributed by atoms with E-state index in [1.165, 1.54) is 4.90 Å². The molecule has 2 rings (SSSR count). The van der Waals surface area contributed by atoms with E-state index in [9.17, 15) is 9.59 Å². The van der Waals surface area contributed by atoms with Crippen LogP contribution in [0.25, 0.3) is 11.0 Å². The number of carbonyl (C=O) groups is 2. The first-order valence-corrected chi connectivity index (χ1v) is 8.00. The van der Waals surface area contributed by atoms with Crippen molar-refractivity contribution in [1.29, 1.82) is 0 Å². The number of aryl methyl sites for hydroxylation is 1. The maximum Gasteiger partial charge on any atom is 0.317 e. The van der Waals surface area contributed by atoms with Crippen LogP contribution < -0.4 is 5.32 Å². The van der Waals surface area contributed by atoms with Gasteiger partial charge in [0.05, 0.1) is 24.2 Å². The molecule has 0 radical (unpaired) electrons. The molecule has 0 saturated heterocycles. The molecule has 1 N–H and O–H groups in total. The number of nitrogens with zero attached hydrogens (tertiary/aromatic N) is 4. The van der Waals surface area contributed by atoms with E-state index in [-0.39, 0.29) is 11.9 Å². The van der Waals surface area contributed by atoms with Gasteiger partial charge in [-0.2, -0.15) is 0 Å². The molecule has 25 heavy (non-hydrogen) atoms. The number of benzene rings is 1. The van der Waals surface area contributed by atoms with E-state index in [1.807, 2.05) is 17.7 Å². The fourth-order valence-corrected chi connectivity index (χ4v) is 2.46. The summed E-state index contributed by atoms with van der Waals surface area (Å²) in [5.41, 5.74) is 2.24. The summed E-state index contributed by atoms with van der Waals surface area (Å²) in [5, 5.41) is 2.77. The Morgan fingerprint density at radius 2 is 2.00 bits per heavy atom. The van der Waals surface area contributed by atoms with E-state index < -0.39 is 0 Å². The summed E-state index contributed by atoms with van der Waals surface area (Å²) in [4.78, 5) is 31.8. The quantitative estimate of drug-likeness (QED) is 0.793. The summed E-state index contributed by atoms with van der Waals surface area (Å²) in [6.07, 6.45) is 0. The predicted molar refractivity (Wildman–Crippen MR) is 95.5 cm³/mol. The van der Waals surface area contributed by atoms with Crippen molar-refractivity contribution in [3.8, 4) is 0 Å². The smallest absolute Gasteiger partial charge is 0.317 e. The van der Waals surface area contributed by atoms with E-state index in [4.69, 9.17) is 4.74 Å². The molecular formula is C17H25N5O3. The zero-order valence-corrected chi connectivity index (χ0v) is 15.4. The lowest BCUT2D eigenvalue weighted by Crippen LogP contribution is -2.38. The molecule has 1 heterocycles. The fraction of sp³-hybridized carbons (Fsp3) is 0.471. The Kier molecular flexibility index (Phi) is 5.97. The summed E-state index contributed by atoms with van der Waals surface area (Å²) in [5.74, 6) is 0.678. The molecule has 0 fully saturated rings. The van der Waals surface area contributed by atoms with Crippen LogP contribution in [0.4, 0.5) is 4.79 Å². The number of nitrogens with one attached hydrogen (secondary N) is 1. The molecule has 0 atom stereocenters. The molecule has 2 aromatic rings. The lowest BCUT2D eigenvalue weighted by molar-refractivity contribution is 0.0827. The van der Waals surface area contributed by atoms with E-state index >= 15 is 0 Å². The molecular weight excluding hydrogens is 322 g/mol. The van der Waals surface area contributed by atoms with Crippen LogP contribution in [0.2, 0.25) is 0 Å². The van der Waals surface area contributed by atoms with Crippen molar-refractivity contribution in [1.82, 2.24) is 24.7 Å². The van der Waals surface area contributed by atoms with Gasteiger partial charge in [-0.3, -0.25) is 4.79 Å². The largest absolute Gasteiger partial charge is 0.383 e. The number of urea groups is 1. The predicted octanol–water partition coefficient (Wildman–Crippen LogP) is 1.06. The highest BCUT2D eigenvalue weighted by Crippen LogP contribution is 2.18. The van der Waals surface area contributed by atoms with Gasteiger partial charge in [0.1, 0.15) is 5.82 Å². The van der Waals surface area contributed by atoms with Crippen LogP contribution in [0.5, 0.6) is 0 Å². The van der Waals surface area contributed by atoms with Crippen molar-refractivity contribution in [3.05, 3.63) is 29.6 Å². The molecule has 0 aliphatic heterocycles. The normalized spacial score (nSPS) is 10.8. The average Bonchev–Trinajstić information content (AvgIpc) is 2.89. The van der Waals surface area contributed by atoms with Crippen molar-refractivity contribution >= 4 is 23.0 Å². The number of ether oxygens (including phenoxy) is 1. The molecule has 0 aliphatic carbocycles. The summed E-state index contributed by atoms with van der Waals surface area (Å²) < 4.78 is 6.84. The third kappa shape index (κ3) is 4.27. The van der Waals surface area contributed by atoms with E-state index in [0.29, 0.717) is 25.3 Å². The second-order valence-electron chi connectivity index (χ2n) is 6.07. The zero-order valence-electron chi connectivity index (χ0n) is 15.4. The first-order valence-electron chi connectivity index (χ1n) is 8.00. The second-order valence-corrected chi connectivity index (χ2v) is 6.07. The number of imidazole rings is 1. The lowest BCUT2D eigenvalue weighted by atomic mass is 10.2. The van der Waals surface area contributed by atoms with Crippen LogP contribution in [0.3, 0.4) is 0 Å². The Hall–Kier alpha value is -2.61. The monoisotopic (exact) mass is 347 g/mol. The summed E-state index contributed by atoms with van der Waals surface area (Å²) in [6, 6.07) is 5.26. The highest BCUT2D eigenvalue weighted by molar-refractivity contribution is 5.97. The molecule has 1 aromatic carbocycles. The van der Waals surface area contributed by atoms with Crippen LogP contribution in [-0.2, 0) is 18.3 Å². The Balaban J connectivity index is 2.17. The number of amides is 3. The van der Waals surface area contributed by atoms with Gasteiger partial charge in [0, 0.05) is 47.4 Å².